The molecule has 3 heterocycles. The third-order valence-corrected chi connectivity index (χ3v) is 7.22. The summed E-state index contributed by atoms with van der Waals surface area (Å²) in [5.41, 5.74) is 7.25. The number of β-lactam (4-membered cyclic amide) rings is 1. The first-order chi connectivity index (χ1) is 21.2. The molecule has 0 spiro atoms. The van der Waals surface area contributed by atoms with E-state index in [-0.39, 0.29) is 53.2 Å². The van der Waals surface area contributed by atoms with Crippen LogP contribution in [0.5, 0.6) is 5.75 Å². The number of aromatic nitrogens is 1. The number of fused-ring (bicyclic) bond motifs is 1. The van der Waals surface area contributed by atoms with Gasteiger partial charge in [0, 0.05) is 22.8 Å². The van der Waals surface area contributed by atoms with Crippen molar-refractivity contribution in [2.75, 3.05) is 24.7 Å². The van der Waals surface area contributed by atoms with Gasteiger partial charge in [0.15, 0.2) is 10.8 Å². The second-order valence-electron chi connectivity index (χ2n) is 8.34. The monoisotopic (exact) mass is 679 g/mol. The third kappa shape index (κ3) is 9.53. The highest BCUT2D eigenvalue weighted by atomic mass is 32.2. The molecule has 4 rings (SSSR count). The van der Waals surface area contributed by atoms with Gasteiger partial charge in [0.05, 0.1) is 18.4 Å². The number of hydrogen-bond acceptors (Lipinski definition) is 14. The van der Waals surface area contributed by atoms with Crippen molar-refractivity contribution in [3.05, 3.63) is 52.4 Å². The number of nitrogens with zero attached hydrogens (tertiary/aromatic N) is 3. The van der Waals surface area contributed by atoms with Crippen LogP contribution in [0.1, 0.15) is 19.0 Å². The summed E-state index contributed by atoms with van der Waals surface area (Å²) in [5, 5.41) is 11.8. The summed E-state index contributed by atoms with van der Waals surface area (Å²) in [6.07, 6.45) is -6.02. The molecule has 2 aliphatic rings. The standard InChI is InChI=1S/C22H20FN5O8S2.C2HF3O2/c1-2-33-22(32)36-26-17(14-10-38-21(24)25-14)19(30)27-35-20(31)18-11(9-37-16-7-15(29)28(16)18)8-34-13-5-3-4-12(23)6-13;3-2(4,5)1(6)7/h3-6,10,16H,2,7-9H2,1H3,(H2,24,25)(H,27,30);(H,6,7)/t16-;/m0./s1. The number of anilines is 1. The zero-order chi connectivity index (χ0) is 33.3. The number of carbonyl (C=O) groups excluding carboxylic acids is 4. The predicted octanol–water partition coefficient (Wildman–Crippen LogP) is 2.59. The van der Waals surface area contributed by atoms with Gasteiger partial charge in [-0.2, -0.15) is 18.7 Å². The lowest BCUT2D eigenvalue weighted by Gasteiger charge is -2.44. The summed E-state index contributed by atoms with van der Waals surface area (Å²) in [6, 6.07) is 5.44. The van der Waals surface area contributed by atoms with Crippen LogP contribution in [0.4, 0.5) is 27.5 Å². The van der Waals surface area contributed by atoms with Gasteiger partial charge in [-0.3, -0.25) is 19.3 Å². The fourth-order valence-electron chi connectivity index (χ4n) is 3.32. The highest BCUT2D eigenvalue weighted by Crippen LogP contribution is 2.40. The molecular formula is C24H21F4N5O10S2. The molecule has 21 heteroatoms. The molecule has 0 radical (unpaired) electrons. The molecular weight excluding hydrogens is 658 g/mol. The maximum atomic E-state index is 13.5. The first-order valence-electron chi connectivity index (χ1n) is 12.2. The van der Waals surface area contributed by atoms with E-state index in [0.717, 1.165) is 11.3 Å². The Morgan fingerprint density at radius 2 is 1.98 bits per heavy atom. The van der Waals surface area contributed by atoms with Gasteiger partial charge in [0.25, 0.3) is 0 Å². The zero-order valence-electron chi connectivity index (χ0n) is 22.7. The molecule has 4 N–H and O–H groups in total. The Kier molecular flexibility index (Phi) is 11.7. The molecule has 1 fully saturated rings. The first kappa shape index (κ1) is 34.6. The van der Waals surface area contributed by atoms with Crippen LogP contribution in [-0.2, 0) is 33.6 Å². The third-order valence-electron chi connectivity index (χ3n) is 5.27. The van der Waals surface area contributed by atoms with Crippen LogP contribution in [0.2, 0.25) is 0 Å². The maximum absolute atomic E-state index is 13.5. The Hall–Kier alpha value is -4.92. The number of thiazole rings is 1. The molecule has 1 saturated heterocycles. The van der Waals surface area contributed by atoms with Crippen LogP contribution in [0.3, 0.4) is 0 Å². The van der Waals surface area contributed by atoms with Gasteiger partial charge < -0.3 is 25.2 Å². The van der Waals surface area contributed by atoms with E-state index >= 15 is 0 Å². The number of oxime groups is 1. The van der Waals surface area contributed by atoms with Crippen molar-refractivity contribution in [3.8, 4) is 5.75 Å². The maximum Gasteiger partial charge on any atom is 0.535 e. The van der Waals surface area contributed by atoms with E-state index in [4.69, 9.17) is 25.2 Å². The number of carbonyl (C=O) groups is 5. The van der Waals surface area contributed by atoms with Crippen molar-refractivity contribution in [1.82, 2.24) is 15.4 Å². The number of benzene rings is 1. The van der Waals surface area contributed by atoms with Crippen molar-refractivity contribution in [3.63, 3.8) is 0 Å². The lowest BCUT2D eigenvalue weighted by molar-refractivity contribution is -0.192. The number of hydrogen-bond donors (Lipinski definition) is 3. The number of alkyl halides is 3. The van der Waals surface area contributed by atoms with Crippen LogP contribution in [0, 0.1) is 5.82 Å². The number of aliphatic carboxylic acids is 1. The SMILES string of the molecule is CCOC(=O)ON=C(C(=O)NOC(=O)C1=C(COc2cccc(F)c2)CS[C@H]2CC(=O)N12)c1csc(N)n1.O=C(O)C(F)(F)F. The minimum atomic E-state index is -5.08. The fraction of sp³-hybridized carbons (Fsp3) is 0.292. The minimum absolute atomic E-state index is 0.00597. The molecule has 2 aromatic rings. The summed E-state index contributed by atoms with van der Waals surface area (Å²) in [5.74, 6) is -5.15. The number of carboxylic acids is 1. The van der Waals surface area contributed by atoms with Crippen molar-refractivity contribution >= 4 is 63.9 Å². The normalized spacial score (nSPS) is 15.9. The Labute approximate surface area is 257 Å². The van der Waals surface area contributed by atoms with Gasteiger partial charge in [0.1, 0.15) is 29.6 Å². The van der Waals surface area contributed by atoms with E-state index in [1.165, 1.54) is 40.2 Å². The van der Waals surface area contributed by atoms with Crippen LogP contribution < -0.4 is 16.0 Å². The Morgan fingerprint density at radius 1 is 1.27 bits per heavy atom. The number of rotatable bonds is 8. The van der Waals surface area contributed by atoms with E-state index in [2.05, 4.69) is 19.7 Å². The highest BCUT2D eigenvalue weighted by molar-refractivity contribution is 8.00. The van der Waals surface area contributed by atoms with Crippen LogP contribution in [0.15, 0.2) is 46.1 Å². The summed E-state index contributed by atoms with van der Waals surface area (Å²) in [4.78, 5) is 73.2. The predicted molar refractivity (Wildman–Crippen MR) is 146 cm³/mol. The molecule has 15 nitrogen and oxygen atoms in total. The average Bonchev–Trinajstić information content (AvgIpc) is 3.40. The van der Waals surface area contributed by atoms with E-state index < -0.39 is 41.7 Å². The summed E-state index contributed by atoms with van der Waals surface area (Å²) < 4.78 is 55.4. The smallest absolute Gasteiger partial charge is 0.489 e. The molecule has 2 amide bonds. The Balaban J connectivity index is 0.000000707. The van der Waals surface area contributed by atoms with Gasteiger partial charge in [-0.15, -0.1) is 23.1 Å². The fourth-order valence-corrected chi connectivity index (χ4v) is 5.12. The molecule has 1 atom stereocenters. The zero-order valence-corrected chi connectivity index (χ0v) is 24.3. The van der Waals surface area contributed by atoms with E-state index in [0.29, 0.717) is 11.3 Å². The van der Waals surface area contributed by atoms with Crippen LogP contribution in [0.25, 0.3) is 0 Å². The van der Waals surface area contributed by atoms with Gasteiger partial charge in [-0.25, -0.2) is 23.8 Å². The van der Waals surface area contributed by atoms with Gasteiger partial charge in [-0.05, 0) is 19.1 Å². The number of nitrogens with one attached hydrogen (secondary N) is 1. The Morgan fingerprint density at radius 3 is 2.56 bits per heavy atom. The topological polar surface area (TPSA) is 209 Å². The van der Waals surface area contributed by atoms with E-state index in [1.807, 2.05) is 5.48 Å². The number of carboxylic acid groups (broad SMARTS) is 1. The van der Waals surface area contributed by atoms with Crippen molar-refractivity contribution < 1.29 is 65.8 Å². The van der Waals surface area contributed by atoms with Gasteiger partial charge in [0.2, 0.25) is 5.91 Å². The number of nitrogen functional groups attached to an aromatic ring is 1. The van der Waals surface area contributed by atoms with Crippen LogP contribution in [-0.4, -0.2) is 81.1 Å². The second-order valence-corrected chi connectivity index (χ2v) is 10.4. The summed E-state index contributed by atoms with van der Waals surface area (Å²) >= 11 is 2.42. The average molecular weight is 680 g/mol. The van der Waals surface area contributed by atoms with Crippen molar-refractivity contribution in [1.29, 1.82) is 0 Å². The molecule has 0 saturated carbocycles. The molecule has 0 bridgehead atoms. The molecule has 242 valence electrons. The number of amides is 2. The number of halogens is 4. The molecule has 0 aliphatic carbocycles. The van der Waals surface area contributed by atoms with Gasteiger partial charge >= 0.3 is 30.2 Å². The molecule has 1 aromatic carbocycles. The molecule has 1 aromatic heterocycles. The summed E-state index contributed by atoms with van der Waals surface area (Å²) in [7, 11) is 0. The summed E-state index contributed by atoms with van der Waals surface area (Å²) in [6.45, 7) is 1.41. The van der Waals surface area contributed by atoms with E-state index in [9.17, 15) is 36.7 Å². The minimum Gasteiger partial charge on any atom is -0.489 e. The van der Waals surface area contributed by atoms with Crippen molar-refractivity contribution in [2.24, 2.45) is 5.16 Å². The largest absolute Gasteiger partial charge is 0.535 e. The van der Waals surface area contributed by atoms with E-state index in [1.54, 1.807) is 13.0 Å². The van der Waals surface area contributed by atoms with Gasteiger partial charge in [-0.1, -0.05) is 11.2 Å². The number of hydroxylamine groups is 1. The van der Waals surface area contributed by atoms with Crippen LogP contribution >= 0.6 is 23.1 Å². The molecule has 45 heavy (non-hydrogen) atoms. The lowest BCUT2D eigenvalue weighted by Crippen LogP contribution is -2.55. The quantitative estimate of drug-likeness (QED) is 0.0916. The first-order valence-corrected chi connectivity index (χ1v) is 14.1. The van der Waals surface area contributed by atoms with Crippen molar-refractivity contribution in [2.45, 2.75) is 24.9 Å². The highest BCUT2D eigenvalue weighted by Gasteiger charge is 2.46. The number of thioether (sulfide) groups is 1. The molecule has 0 unspecified atom stereocenters. The number of nitrogens with two attached hydrogens (primary N) is 1. The Bertz CT molecular complexity index is 1530. The number of ether oxygens (including phenoxy) is 2. The lowest BCUT2D eigenvalue weighted by atomic mass is 10.1. The second kappa shape index (κ2) is 15.2. The molecule has 2 aliphatic heterocycles.